The van der Waals surface area contributed by atoms with Gasteiger partial charge in [-0.15, -0.1) is 0 Å². The highest BCUT2D eigenvalue weighted by molar-refractivity contribution is 5.75. The highest BCUT2D eigenvalue weighted by Gasteiger charge is 2.46. The number of aromatic nitrogens is 2. The Morgan fingerprint density at radius 3 is 2.50 bits per heavy atom. The molecule has 0 bridgehead atoms. The number of piperidine rings is 1. The summed E-state index contributed by atoms with van der Waals surface area (Å²) in [6, 6.07) is 5.89. The lowest BCUT2D eigenvalue weighted by Crippen LogP contribution is -2.49. The van der Waals surface area contributed by atoms with Crippen LogP contribution in [0.3, 0.4) is 0 Å². The van der Waals surface area contributed by atoms with E-state index in [4.69, 9.17) is 16.2 Å². The van der Waals surface area contributed by atoms with Gasteiger partial charge in [0.15, 0.2) is 0 Å². The number of anilines is 2. The smallest absolute Gasteiger partial charge is 0.264 e. The van der Waals surface area contributed by atoms with E-state index in [1.807, 2.05) is 25.1 Å². The molecule has 4 rings (SSSR count). The van der Waals surface area contributed by atoms with Crippen LogP contribution in [0.25, 0.3) is 11.1 Å². The molecule has 1 aliphatic carbocycles. The minimum atomic E-state index is -0.131. The summed E-state index contributed by atoms with van der Waals surface area (Å²) in [5, 5.41) is 0. The number of benzene rings is 1. The number of nitrogens with two attached hydrogens (primary N) is 2. The molecule has 1 spiro atoms. The number of methoxy groups -OCH3 is 1. The average Bonchev–Trinajstić information content (AvgIpc) is 3.00. The number of ether oxygens (including phenoxy) is 1. The first-order chi connectivity index (χ1) is 14.3. The summed E-state index contributed by atoms with van der Waals surface area (Å²) in [5.74, 6) is 2.27. The maximum atomic E-state index is 13.2. The van der Waals surface area contributed by atoms with E-state index in [-0.39, 0.29) is 22.8 Å². The maximum absolute atomic E-state index is 13.2. The van der Waals surface area contributed by atoms with Crippen molar-refractivity contribution in [3.05, 3.63) is 34.1 Å². The summed E-state index contributed by atoms with van der Waals surface area (Å²) in [5.41, 5.74) is 15.1. The van der Waals surface area contributed by atoms with E-state index < -0.39 is 0 Å². The first kappa shape index (κ1) is 20.7. The van der Waals surface area contributed by atoms with Gasteiger partial charge in [-0.1, -0.05) is 13.0 Å². The number of aryl methyl sites for hydroxylation is 1. The van der Waals surface area contributed by atoms with Crippen LogP contribution in [-0.2, 0) is 7.05 Å². The first-order valence-electron chi connectivity index (χ1n) is 10.8. The average molecular weight is 412 g/mol. The molecule has 7 heteroatoms. The quantitative estimate of drug-likeness (QED) is 0.806. The molecule has 1 saturated heterocycles. The molecule has 2 aromatic rings. The van der Waals surface area contributed by atoms with Gasteiger partial charge in [0.25, 0.3) is 5.56 Å². The Bertz CT molecular complexity index is 1010. The Labute approximate surface area is 178 Å². The van der Waals surface area contributed by atoms with Gasteiger partial charge in [0.1, 0.15) is 11.6 Å². The molecule has 2 heterocycles. The monoisotopic (exact) mass is 411 g/mol. The molecule has 2 fully saturated rings. The summed E-state index contributed by atoms with van der Waals surface area (Å²) in [4.78, 5) is 20.1. The van der Waals surface area contributed by atoms with E-state index in [1.165, 1.54) is 12.8 Å². The minimum absolute atomic E-state index is 0.131. The van der Waals surface area contributed by atoms with Crippen LogP contribution in [0.15, 0.2) is 23.0 Å². The molecule has 1 saturated carbocycles. The highest BCUT2D eigenvalue weighted by atomic mass is 16.5. The van der Waals surface area contributed by atoms with Crippen LogP contribution in [0.2, 0.25) is 0 Å². The van der Waals surface area contributed by atoms with Gasteiger partial charge in [-0.3, -0.25) is 9.36 Å². The van der Waals surface area contributed by atoms with Gasteiger partial charge in [-0.2, -0.15) is 4.98 Å². The maximum Gasteiger partial charge on any atom is 0.264 e. The van der Waals surface area contributed by atoms with Crippen LogP contribution in [0.4, 0.5) is 11.8 Å². The zero-order valence-electron chi connectivity index (χ0n) is 18.4. The SMILES string of the molecule is COc1ccc(-c2c(N)nc(N3CCC4(CC[C@@H](C)[C@H]4N)CC3)n(C)c2=O)cc1C. The molecule has 30 heavy (non-hydrogen) atoms. The van der Waals surface area contributed by atoms with Crippen molar-refractivity contribution in [3.63, 3.8) is 0 Å². The Kier molecular flexibility index (Phi) is 5.26. The fourth-order valence-electron chi connectivity index (χ4n) is 5.40. The normalized spacial score (nSPS) is 23.2. The van der Waals surface area contributed by atoms with Gasteiger partial charge in [0.2, 0.25) is 5.95 Å². The van der Waals surface area contributed by atoms with Gasteiger partial charge in [0.05, 0.1) is 12.7 Å². The molecule has 2 atom stereocenters. The fourth-order valence-corrected chi connectivity index (χ4v) is 5.40. The van der Waals surface area contributed by atoms with Crippen molar-refractivity contribution in [3.8, 4) is 16.9 Å². The molecule has 162 valence electrons. The predicted octanol–water partition coefficient (Wildman–Crippen LogP) is 2.69. The van der Waals surface area contributed by atoms with Crippen molar-refractivity contribution in [1.29, 1.82) is 0 Å². The number of hydrogen-bond acceptors (Lipinski definition) is 6. The second-order valence-electron chi connectivity index (χ2n) is 9.11. The van der Waals surface area contributed by atoms with Gasteiger partial charge < -0.3 is 21.1 Å². The van der Waals surface area contributed by atoms with E-state index in [9.17, 15) is 4.79 Å². The van der Waals surface area contributed by atoms with E-state index in [0.717, 1.165) is 42.8 Å². The molecule has 1 aliphatic heterocycles. The lowest BCUT2D eigenvalue weighted by Gasteiger charge is -2.43. The summed E-state index contributed by atoms with van der Waals surface area (Å²) in [6.07, 6.45) is 4.48. The highest BCUT2D eigenvalue weighted by Crippen LogP contribution is 2.48. The standard InChI is InChI=1S/C23H33N5O2/c1-14-7-8-23(19(14)24)9-11-28(12-10-23)22-26-20(25)18(21(29)27(22)3)16-5-6-17(30-4)15(2)13-16/h5-6,13-14,19H,7-12,24-25H2,1-4H3/t14-,19-/m1/s1. The van der Waals surface area contributed by atoms with Gasteiger partial charge in [-0.05, 0) is 67.2 Å². The zero-order chi connectivity index (χ0) is 21.6. The number of nitrogens with zero attached hydrogens (tertiary/aromatic N) is 3. The minimum Gasteiger partial charge on any atom is -0.496 e. The van der Waals surface area contributed by atoms with Crippen molar-refractivity contribution in [2.24, 2.45) is 24.1 Å². The van der Waals surface area contributed by atoms with Crippen LogP contribution in [-0.4, -0.2) is 35.8 Å². The number of hydrogen-bond donors (Lipinski definition) is 2. The Morgan fingerprint density at radius 2 is 1.93 bits per heavy atom. The van der Waals surface area contributed by atoms with Gasteiger partial charge in [-0.25, -0.2) is 0 Å². The lowest BCUT2D eigenvalue weighted by atomic mass is 9.73. The van der Waals surface area contributed by atoms with Crippen molar-refractivity contribution in [2.75, 3.05) is 30.8 Å². The molecule has 1 aromatic heterocycles. The molecule has 0 unspecified atom stereocenters. The molecular formula is C23H33N5O2. The van der Waals surface area contributed by atoms with Crippen molar-refractivity contribution < 1.29 is 4.74 Å². The molecule has 4 N–H and O–H groups in total. The zero-order valence-corrected chi connectivity index (χ0v) is 18.4. The van der Waals surface area contributed by atoms with Gasteiger partial charge in [0, 0.05) is 26.2 Å². The van der Waals surface area contributed by atoms with E-state index >= 15 is 0 Å². The molecule has 0 radical (unpaired) electrons. The largest absolute Gasteiger partial charge is 0.496 e. The van der Waals surface area contributed by atoms with E-state index in [2.05, 4.69) is 16.8 Å². The number of rotatable bonds is 3. The second kappa shape index (κ2) is 7.61. The van der Waals surface area contributed by atoms with Crippen LogP contribution < -0.4 is 26.7 Å². The van der Waals surface area contributed by atoms with Crippen molar-refractivity contribution in [2.45, 2.75) is 45.6 Å². The summed E-state index contributed by atoms with van der Waals surface area (Å²) < 4.78 is 6.95. The van der Waals surface area contributed by atoms with E-state index in [1.54, 1.807) is 18.7 Å². The second-order valence-corrected chi connectivity index (χ2v) is 9.11. The van der Waals surface area contributed by atoms with E-state index in [0.29, 0.717) is 17.4 Å². The van der Waals surface area contributed by atoms with Crippen LogP contribution >= 0.6 is 0 Å². The third-order valence-electron chi connectivity index (χ3n) is 7.44. The van der Waals surface area contributed by atoms with Crippen molar-refractivity contribution >= 4 is 11.8 Å². The molecular weight excluding hydrogens is 378 g/mol. The van der Waals surface area contributed by atoms with Crippen LogP contribution in [0.1, 0.15) is 38.2 Å². The summed E-state index contributed by atoms with van der Waals surface area (Å²) in [6.45, 7) is 5.91. The lowest BCUT2D eigenvalue weighted by molar-refractivity contribution is 0.185. The molecule has 0 amide bonds. The molecule has 1 aromatic carbocycles. The Morgan fingerprint density at radius 1 is 1.23 bits per heavy atom. The van der Waals surface area contributed by atoms with Crippen LogP contribution in [0, 0.1) is 18.3 Å². The number of nitrogen functional groups attached to an aromatic ring is 1. The Hall–Kier alpha value is -2.54. The van der Waals surface area contributed by atoms with Gasteiger partial charge >= 0.3 is 0 Å². The topological polar surface area (TPSA) is 99.4 Å². The summed E-state index contributed by atoms with van der Waals surface area (Å²) >= 11 is 0. The third-order valence-corrected chi connectivity index (χ3v) is 7.44. The van der Waals surface area contributed by atoms with Crippen LogP contribution in [0.5, 0.6) is 5.75 Å². The Balaban J connectivity index is 1.63. The molecule has 7 nitrogen and oxygen atoms in total. The fraction of sp³-hybridized carbons (Fsp3) is 0.565. The third kappa shape index (κ3) is 3.25. The predicted molar refractivity (Wildman–Crippen MR) is 121 cm³/mol. The van der Waals surface area contributed by atoms with Crippen molar-refractivity contribution in [1.82, 2.24) is 9.55 Å². The first-order valence-corrected chi connectivity index (χ1v) is 10.8. The summed E-state index contributed by atoms with van der Waals surface area (Å²) in [7, 11) is 3.41. The molecule has 2 aliphatic rings.